The molecular formula is C31H33N3O4. The summed E-state index contributed by atoms with van der Waals surface area (Å²) in [5, 5.41) is 1.18. The Morgan fingerprint density at radius 2 is 1.97 bits per heavy atom. The number of hydrogen-bond donors (Lipinski definition) is 1. The Morgan fingerprint density at radius 1 is 1.11 bits per heavy atom. The minimum Gasteiger partial charge on any atom is -0.491 e. The van der Waals surface area contributed by atoms with Gasteiger partial charge < -0.3 is 24.5 Å². The third-order valence-electron chi connectivity index (χ3n) is 7.73. The number of esters is 1. The van der Waals surface area contributed by atoms with Crippen molar-refractivity contribution in [1.29, 1.82) is 0 Å². The summed E-state index contributed by atoms with van der Waals surface area (Å²) >= 11 is 0. The standard InChI is InChI=1S/C31H33N3O4/c1-36-31(35)21-10-12-25-27(15-21)34-17-22(32)18-38-28-16-24(37-19-23-9-5-6-14-33-23)11-13-26(28)30(34)29(25)20-7-3-2-4-8-20/h5-6,9-16,20,22H,2-4,7-8,17-19,32H2,1H3/t22-/m1/s1. The van der Waals surface area contributed by atoms with Gasteiger partial charge in [-0.1, -0.05) is 31.4 Å². The van der Waals surface area contributed by atoms with Crippen molar-refractivity contribution in [1.82, 2.24) is 9.55 Å². The van der Waals surface area contributed by atoms with Crippen molar-refractivity contribution in [3.05, 3.63) is 77.6 Å². The van der Waals surface area contributed by atoms with Crippen LogP contribution in [-0.4, -0.2) is 35.3 Å². The molecule has 196 valence electrons. The van der Waals surface area contributed by atoms with E-state index in [2.05, 4.69) is 21.7 Å². The Bertz CT molecular complexity index is 1460. The van der Waals surface area contributed by atoms with Gasteiger partial charge in [-0.2, -0.15) is 0 Å². The lowest BCUT2D eigenvalue weighted by molar-refractivity contribution is 0.0601. The number of carbonyl (C=O) groups excluding carboxylic acids is 1. The molecule has 7 nitrogen and oxygen atoms in total. The molecule has 1 aliphatic heterocycles. The SMILES string of the molecule is COC(=O)c1ccc2c(C3CCCCC3)c3n(c2c1)C[C@@H](N)COc1cc(OCc2ccccn2)ccc1-3. The van der Waals surface area contributed by atoms with Crippen molar-refractivity contribution in [2.75, 3.05) is 13.7 Å². The van der Waals surface area contributed by atoms with Crippen LogP contribution in [0.4, 0.5) is 0 Å². The highest BCUT2D eigenvalue weighted by Crippen LogP contribution is 2.47. The molecule has 4 aromatic rings. The van der Waals surface area contributed by atoms with E-state index in [-0.39, 0.29) is 12.0 Å². The van der Waals surface area contributed by atoms with E-state index in [0.717, 1.165) is 46.8 Å². The van der Waals surface area contributed by atoms with Crippen LogP contribution in [0.5, 0.6) is 11.5 Å². The Hall–Kier alpha value is -3.84. The fourth-order valence-electron chi connectivity index (χ4n) is 5.94. The molecule has 6 rings (SSSR count). The number of fused-ring (bicyclic) bond motifs is 5. The Labute approximate surface area is 222 Å². The predicted molar refractivity (Wildman–Crippen MR) is 147 cm³/mol. The van der Waals surface area contributed by atoms with Crippen molar-refractivity contribution < 1.29 is 19.0 Å². The first kappa shape index (κ1) is 24.5. The molecule has 2 N–H and O–H groups in total. The van der Waals surface area contributed by atoms with Crippen molar-refractivity contribution >= 4 is 16.9 Å². The summed E-state index contributed by atoms with van der Waals surface area (Å²) in [6, 6.07) is 17.5. The van der Waals surface area contributed by atoms with E-state index in [1.165, 1.54) is 37.3 Å². The number of carbonyl (C=O) groups is 1. The van der Waals surface area contributed by atoms with E-state index in [4.69, 9.17) is 19.9 Å². The number of hydrogen-bond acceptors (Lipinski definition) is 6. The molecule has 0 saturated heterocycles. The predicted octanol–water partition coefficient (Wildman–Crippen LogP) is 5.84. The summed E-state index contributed by atoms with van der Waals surface area (Å²) < 4.78 is 19.7. The van der Waals surface area contributed by atoms with Gasteiger partial charge in [-0.3, -0.25) is 4.98 Å². The van der Waals surface area contributed by atoms with Crippen LogP contribution in [0.2, 0.25) is 0 Å². The van der Waals surface area contributed by atoms with Crippen molar-refractivity contribution in [2.24, 2.45) is 5.73 Å². The summed E-state index contributed by atoms with van der Waals surface area (Å²) in [4.78, 5) is 16.8. The van der Waals surface area contributed by atoms with Crippen LogP contribution in [-0.2, 0) is 17.9 Å². The minimum absolute atomic E-state index is 0.211. The molecule has 1 saturated carbocycles. The molecule has 0 spiro atoms. The highest BCUT2D eigenvalue weighted by molar-refractivity contribution is 5.99. The van der Waals surface area contributed by atoms with Crippen LogP contribution in [0.25, 0.3) is 22.2 Å². The number of rotatable bonds is 5. The first-order valence-corrected chi connectivity index (χ1v) is 13.4. The van der Waals surface area contributed by atoms with Gasteiger partial charge in [0.25, 0.3) is 0 Å². The smallest absolute Gasteiger partial charge is 0.337 e. The van der Waals surface area contributed by atoms with E-state index in [0.29, 0.717) is 31.2 Å². The molecule has 0 radical (unpaired) electrons. The highest BCUT2D eigenvalue weighted by atomic mass is 16.5. The Balaban J connectivity index is 1.50. The Morgan fingerprint density at radius 3 is 2.76 bits per heavy atom. The zero-order chi connectivity index (χ0) is 26.1. The molecule has 2 aromatic heterocycles. The number of ether oxygens (including phenoxy) is 3. The molecule has 1 atom stereocenters. The van der Waals surface area contributed by atoms with Crippen molar-refractivity contribution in [3.8, 4) is 22.8 Å². The number of nitrogens with zero attached hydrogens (tertiary/aromatic N) is 2. The molecule has 0 amide bonds. The summed E-state index contributed by atoms with van der Waals surface area (Å²) in [7, 11) is 1.42. The third-order valence-corrected chi connectivity index (χ3v) is 7.73. The van der Waals surface area contributed by atoms with E-state index < -0.39 is 0 Å². The van der Waals surface area contributed by atoms with Crippen LogP contribution in [0.3, 0.4) is 0 Å². The van der Waals surface area contributed by atoms with Crippen LogP contribution < -0.4 is 15.2 Å². The first-order valence-electron chi connectivity index (χ1n) is 13.4. The lowest BCUT2D eigenvalue weighted by Crippen LogP contribution is -2.34. The van der Waals surface area contributed by atoms with E-state index in [1.54, 1.807) is 6.20 Å². The normalized spacial score (nSPS) is 17.6. The quantitative estimate of drug-likeness (QED) is 0.339. The maximum absolute atomic E-state index is 12.4. The van der Waals surface area contributed by atoms with E-state index in [9.17, 15) is 4.79 Å². The zero-order valence-corrected chi connectivity index (χ0v) is 21.7. The summed E-state index contributed by atoms with van der Waals surface area (Å²) in [5.41, 5.74) is 12.5. The van der Waals surface area contributed by atoms with Crippen LogP contribution >= 0.6 is 0 Å². The number of benzene rings is 2. The molecule has 38 heavy (non-hydrogen) atoms. The fourth-order valence-corrected chi connectivity index (χ4v) is 5.94. The van der Waals surface area contributed by atoms with Crippen molar-refractivity contribution in [2.45, 2.75) is 57.2 Å². The summed E-state index contributed by atoms with van der Waals surface area (Å²) in [5.74, 6) is 1.58. The minimum atomic E-state index is -0.338. The number of aromatic nitrogens is 2. The van der Waals surface area contributed by atoms with Gasteiger partial charge in [0, 0.05) is 35.3 Å². The van der Waals surface area contributed by atoms with E-state index in [1.807, 2.05) is 42.5 Å². The maximum atomic E-state index is 12.4. The molecule has 7 heteroatoms. The second-order valence-electron chi connectivity index (χ2n) is 10.3. The average Bonchev–Trinajstić information content (AvgIpc) is 3.27. The molecule has 0 unspecified atom stereocenters. The topological polar surface area (TPSA) is 88.6 Å². The van der Waals surface area contributed by atoms with Gasteiger partial charge in [0.2, 0.25) is 0 Å². The molecule has 2 aromatic carbocycles. The van der Waals surface area contributed by atoms with E-state index >= 15 is 0 Å². The van der Waals surface area contributed by atoms with Gasteiger partial charge in [0.15, 0.2) is 0 Å². The molecule has 0 bridgehead atoms. The van der Waals surface area contributed by atoms with Crippen LogP contribution in [0.15, 0.2) is 60.8 Å². The highest BCUT2D eigenvalue weighted by Gasteiger charge is 2.30. The lowest BCUT2D eigenvalue weighted by Gasteiger charge is -2.27. The van der Waals surface area contributed by atoms with Crippen molar-refractivity contribution in [3.63, 3.8) is 0 Å². The maximum Gasteiger partial charge on any atom is 0.337 e. The van der Waals surface area contributed by atoms with Crippen LogP contribution in [0.1, 0.15) is 59.6 Å². The first-order chi connectivity index (χ1) is 18.6. The summed E-state index contributed by atoms with van der Waals surface area (Å²) in [6.07, 6.45) is 7.79. The average molecular weight is 512 g/mol. The van der Waals surface area contributed by atoms with Gasteiger partial charge in [0.1, 0.15) is 24.7 Å². The fraction of sp³-hybridized carbons (Fsp3) is 0.355. The zero-order valence-electron chi connectivity index (χ0n) is 21.7. The molecular weight excluding hydrogens is 478 g/mol. The number of pyridine rings is 1. The summed E-state index contributed by atoms with van der Waals surface area (Å²) in [6.45, 7) is 1.36. The van der Waals surface area contributed by atoms with Gasteiger partial charge in [-0.25, -0.2) is 4.79 Å². The Kier molecular flexibility index (Phi) is 6.77. The molecule has 1 fully saturated rings. The lowest BCUT2D eigenvalue weighted by atomic mass is 9.81. The molecule has 2 aliphatic rings. The number of nitrogens with two attached hydrogens (primary N) is 1. The van der Waals surface area contributed by atoms with Gasteiger partial charge >= 0.3 is 5.97 Å². The molecule has 3 heterocycles. The second kappa shape index (κ2) is 10.5. The monoisotopic (exact) mass is 511 g/mol. The second-order valence-corrected chi connectivity index (χ2v) is 10.3. The number of methoxy groups -OCH3 is 1. The largest absolute Gasteiger partial charge is 0.491 e. The molecule has 1 aliphatic carbocycles. The van der Waals surface area contributed by atoms with Gasteiger partial charge in [0.05, 0.1) is 30.1 Å². The third kappa shape index (κ3) is 4.63. The van der Waals surface area contributed by atoms with Gasteiger partial charge in [-0.05, 0) is 60.7 Å². The van der Waals surface area contributed by atoms with Gasteiger partial charge in [-0.15, -0.1) is 0 Å². The van der Waals surface area contributed by atoms with Crippen LogP contribution in [0, 0.1) is 0 Å².